The molecule has 0 aromatic heterocycles. The van der Waals surface area contributed by atoms with Crippen LogP contribution in [0.15, 0.2) is 53.4 Å². The van der Waals surface area contributed by atoms with Crippen LogP contribution in [0.1, 0.15) is 38.7 Å². The highest BCUT2D eigenvalue weighted by Gasteiger charge is 2.26. The summed E-state index contributed by atoms with van der Waals surface area (Å²) in [5.74, 6) is 0.665. The van der Waals surface area contributed by atoms with E-state index in [1.165, 1.54) is 0 Å². The zero-order valence-electron chi connectivity index (χ0n) is 16.0. The number of anilines is 1. The minimum atomic E-state index is -3.47. The average Bonchev–Trinajstić information content (AvgIpc) is 2.68. The first-order chi connectivity index (χ1) is 13.0. The molecule has 6 heteroatoms. The van der Waals surface area contributed by atoms with Gasteiger partial charge in [-0.2, -0.15) is 4.31 Å². The number of hydrogen-bond donors (Lipinski definition) is 1. The minimum absolute atomic E-state index is 0.00632. The molecule has 5 nitrogen and oxygen atoms in total. The second-order valence-corrected chi connectivity index (χ2v) is 9.07. The Morgan fingerprint density at radius 3 is 2.41 bits per heavy atom. The molecular weight excluding hydrogens is 360 g/mol. The third-order valence-electron chi connectivity index (χ3n) is 4.59. The summed E-state index contributed by atoms with van der Waals surface area (Å²) in [5, 5.41) is 3.34. The fraction of sp³-hybridized carbons (Fsp3) is 0.429. The summed E-state index contributed by atoms with van der Waals surface area (Å²) >= 11 is 0. The number of rotatable bonds is 7. The lowest BCUT2D eigenvalue weighted by Gasteiger charge is -2.26. The second kappa shape index (κ2) is 8.76. The summed E-state index contributed by atoms with van der Waals surface area (Å²) in [6.07, 6.45) is 2.95. The van der Waals surface area contributed by atoms with Crippen molar-refractivity contribution in [3.05, 3.63) is 54.1 Å². The van der Waals surface area contributed by atoms with Gasteiger partial charge in [-0.05, 0) is 50.5 Å². The first kappa shape index (κ1) is 19.7. The monoisotopic (exact) mass is 388 g/mol. The molecule has 1 N–H and O–H groups in total. The molecular formula is C21H28N2O3S. The number of nitrogens with zero attached hydrogens (tertiary/aromatic N) is 1. The van der Waals surface area contributed by atoms with E-state index in [9.17, 15) is 8.42 Å². The Hall–Kier alpha value is -2.05. The van der Waals surface area contributed by atoms with Gasteiger partial charge in [0.1, 0.15) is 5.75 Å². The zero-order chi connectivity index (χ0) is 19.3. The molecule has 2 aromatic rings. The number of nitrogens with one attached hydrogen (secondary N) is 1. The molecule has 1 heterocycles. The molecule has 0 saturated carbocycles. The number of sulfonamides is 1. The third-order valence-corrected chi connectivity index (χ3v) is 6.49. The second-order valence-electron chi connectivity index (χ2n) is 7.13. The summed E-state index contributed by atoms with van der Waals surface area (Å²) in [6.45, 7) is 5.71. The molecule has 0 unspecified atom stereocenters. The van der Waals surface area contributed by atoms with Crippen molar-refractivity contribution in [2.75, 3.05) is 18.4 Å². The van der Waals surface area contributed by atoms with E-state index in [2.05, 4.69) is 5.32 Å². The van der Waals surface area contributed by atoms with Gasteiger partial charge in [0.05, 0.1) is 16.7 Å². The topological polar surface area (TPSA) is 58.6 Å². The van der Waals surface area contributed by atoms with E-state index < -0.39 is 10.0 Å². The van der Waals surface area contributed by atoms with E-state index >= 15 is 0 Å². The average molecular weight is 389 g/mol. The van der Waals surface area contributed by atoms with Crippen molar-refractivity contribution in [3.8, 4) is 5.75 Å². The summed E-state index contributed by atoms with van der Waals surface area (Å²) in [5.41, 5.74) is 1.82. The fourth-order valence-electron chi connectivity index (χ4n) is 3.21. The third kappa shape index (κ3) is 5.02. The molecule has 1 aliphatic rings. The summed E-state index contributed by atoms with van der Waals surface area (Å²) < 4.78 is 33.5. The highest BCUT2D eigenvalue weighted by Crippen LogP contribution is 2.31. The molecule has 0 atom stereocenters. The lowest BCUT2D eigenvalue weighted by atomic mass is 10.2. The first-order valence-corrected chi connectivity index (χ1v) is 11.0. The summed E-state index contributed by atoms with van der Waals surface area (Å²) in [7, 11) is -3.47. The van der Waals surface area contributed by atoms with Crippen LogP contribution in [-0.2, 0) is 16.6 Å². The maximum Gasteiger partial charge on any atom is 0.243 e. The van der Waals surface area contributed by atoms with Crippen LogP contribution >= 0.6 is 0 Å². The van der Waals surface area contributed by atoms with Crippen molar-refractivity contribution in [1.29, 1.82) is 0 Å². The zero-order valence-corrected chi connectivity index (χ0v) is 16.8. The molecule has 146 valence electrons. The molecule has 0 bridgehead atoms. The van der Waals surface area contributed by atoms with Gasteiger partial charge in [0.2, 0.25) is 10.0 Å². The van der Waals surface area contributed by atoms with Crippen LogP contribution in [0.2, 0.25) is 0 Å². The van der Waals surface area contributed by atoms with Crippen LogP contribution in [0.4, 0.5) is 5.69 Å². The minimum Gasteiger partial charge on any atom is -0.489 e. The molecule has 0 amide bonds. The Bertz CT molecular complexity index is 845. The van der Waals surface area contributed by atoms with Gasteiger partial charge in [0.25, 0.3) is 0 Å². The largest absolute Gasteiger partial charge is 0.489 e. The number of piperidine rings is 1. The fourth-order valence-corrected chi connectivity index (χ4v) is 4.76. The van der Waals surface area contributed by atoms with Crippen molar-refractivity contribution in [2.24, 2.45) is 0 Å². The number of benzene rings is 2. The van der Waals surface area contributed by atoms with Crippen molar-refractivity contribution >= 4 is 15.7 Å². The molecule has 0 aliphatic carbocycles. The Morgan fingerprint density at radius 1 is 1.04 bits per heavy atom. The van der Waals surface area contributed by atoms with Crippen LogP contribution in [0.25, 0.3) is 0 Å². The first-order valence-electron chi connectivity index (χ1n) is 9.55. The van der Waals surface area contributed by atoms with Gasteiger partial charge < -0.3 is 10.1 Å². The Labute approximate surface area is 162 Å². The molecule has 0 spiro atoms. The van der Waals surface area contributed by atoms with E-state index in [1.54, 1.807) is 22.5 Å². The molecule has 3 rings (SSSR count). The predicted octanol–water partition coefficient (Wildman–Crippen LogP) is 4.26. The van der Waals surface area contributed by atoms with Gasteiger partial charge in [-0.25, -0.2) is 8.42 Å². The van der Waals surface area contributed by atoms with E-state index in [4.69, 9.17) is 4.74 Å². The lowest BCUT2D eigenvalue weighted by molar-refractivity contribution is 0.243. The lowest BCUT2D eigenvalue weighted by Crippen LogP contribution is -2.35. The molecule has 27 heavy (non-hydrogen) atoms. The van der Waals surface area contributed by atoms with Crippen molar-refractivity contribution < 1.29 is 13.2 Å². The smallest absolute Gasteiger partial charge is 0.243 e. The molecule has 2 aromatic carbocycles. The SMILES string of the molecule is CC(C)Oc1ccc(S(=O)(=O)N2CCCCC2)cc1NCc1ccccc1. The normalized spacial score (nSPS) is 15.7. The van der Waals surface area contributed by atoms with E-state index in [-0.39, 0.29) is 6.10 Å². The van der Waals surface area contributed by atoms with E-state index in [0.717, 1.165) is 24.8 Å². The number of ether oxygens (including phenoxy) is 1. The van der Waals surface area contributed by atoms with Crippen molar-refractivity contribution in [2.45, 2.75) is 50.7 Å². The van der Waals surface area contributed by atoms with Crippen LogP contribution in [0.5, 0.6) is 5.75 Å². The summed E-state index contributed by atoms with van der Waals surface area (Å²) in [4.78, 5) is 0.316. The Balaban J connectivity index is 1.87. The predicted molar refractivity (Wildman–Crippen MR) is 109 cm³/mol. The van der Waals surface area contributed by atoms with Crippen LogP contribution in [0.3, 0.4) is 0 Å². The highest BCUT2D eigenvalue weighted by atomic mass is 32.2. The van der Waals surface area contributed by atoms with Gasteiger partial charge in [-0.15, -0.1) is 0 Å². The van der Waals surface area contributed by atoms with Crippen LogP contribution in [-0.4, -0.2) is 31.9 Å². The van der Waals surface area contributed by atoms with Gasteiger partial charge >= 0.3 is 0 Å². The maximum atomic E-state index is 13.0. The van der Waals surface area contributed by atoms with Crippen LogP contribution < -0.4 is 10.1 Å². The van der Waals surface area contributed by atoms with Gasteiger partial charge in [0, 0.05) is 19.6 Å². The maximum absolute atomic E-state index is 13.0. The van der Waals surface area contributed by atoms with Gasteiger partial charge in [-0.1, -0.05) is 36.8 Å². The van der Waals surface area contributed by atoms with Crippen LogP contribution in [0, 0.1) is 0 Å². The van der Waals surface area contributed by atoms with Crippen molar-refractivity contribution in [1.82, 2.24) is 4.31 Å². The van der Waals surface area contributed by atoms with Gasteiger partial charge in [0.15, 0.2) is 0 Å². The molecule has 0 radical (unpaired) electrons. The molecule has 1 saturated heterocycles. The van der Waals surface area contributed by atoms with E-state index in [1.807, 2.05) is 44.2 Å². The molecule has 1 fully saturated rings. The Morgan fingerprint density at radius 2 is 1.74 bits per heavy atom. The molecule has 1 aliphatic heterocycles. The highest BCUT2D eigenvalue weighted by molar-refractivity contribution is 7.89. The summed E-state index contributed by atoms with van der Waals surface area (Å²) in [6, 6.07) is 15.1. The standard InChI is InChI=1S/C21H28N2O3S/c1-17(2)26-21-12-11-19(27(24,25)23-13-7-4-8-14-23)15-20(21)22-16-18-9-5-3-6-10-18/h3,5-6,9-12,15,17,22H,4,7-8,13-14,16H2,1-2H3. The quantitative estimate of drug-likeness (QED) is 0.770. The Kier molecular flexibility index (Phi) is 6.39. The van der Waals surface area contributed by atoms with Gasteiger partial charge in [-0.3, -0.25) is 0 Å². The van der Waals surface area contributed by atoms with E-state index in [0.29, 0.717) is 36.0 Å². The van der Waals surface area contributed by atoms with Crippen molar-refractivity contribution in [3.63, 3.8) is 0 Å². The number of hydrogen-bond acceptors (Lipinski definition) is 4.